The highest BCUT2D eigenvalue weighted by atomic mass is 32.2. The standard InChI is InChI=1S/C18H19N5O3S2/c1-12-4-9-16(13(2)10-12)23-18(19-21-22-23)27-11-17(24)14-5-7-15(8-6-14)20-28(3,25)26/h4-10,20H,11H2,1-3H3. The molecule has 0 atom stereocenters. The Bertz CT molecular complexity index is 1110. The van der Waals surface area contributed by atoms with Crippen molar-refractivity contribution in [1.29, 1.82) is 0 Å². The van der Waals surface area contributed by atoms with Crippen molar-refractivity contribution >= 4 is 33.3 Å². The molecule has 28 heavy (non-hydrogen) atoms. The van der Waals surface area contributed by atoms with E-state index < -0.39 is 10.0 Å². The van der Waals surface area contributed by atoms with Crippen molar-refractivity contribution in [3.63, 3.8) is 0 Å². The van der Waals surface area contributed by atoms with E-state index in [-0.39, 0.29) is 11.5 Å². The molecule has 0 amide bonds. The van der Waals surface area contributed by atoms with Crippen molar-refractivity contribution < 1.29 is 13.2 Å². The fraction of sp³-hybridized carbons (Fsp3) is 0.222. The maximum Gasteiger partial charge on any atom is 0.229 e. The summed E-state index contributed by atoms with van der Waals surface area (Å²) in [5, 5.41) is 12.3. The summed E-state index contributed by atoms with van der Waals surface area (Å²) in [5.74, 6) is 0.0514. The number of hydrogen-bond donors (Lipinski definition) is 1. The Hall–Kier alpha value is -2.72. The number of carbonyl (C=O) groups excluding carboxylic acids is 1. The van der Waals surface area contributed by atoms with Gasteiger partial charge in [0.2, 0.25) is 15.2 Å². The number of nitrogens with one attached hydrogen (secondary N) is 1. The molecule has 0 aliphatic heterocycles. The first-order valence-corrected chi connectivity index (χ1v) is 11.2. The quantitative estimate of drug-likeness (QED) is 0.465. The van der Waals surface area contributed by atoms with Crippen molar-refractivity contribution in [2.45, 2.75) is 19.0 Å². The van der Waals surface area contributed by atoms with Crippen LogP contribution in [-0.2, 0) is 10.0 Å². The van der Waals surface area contributed by atoms with Crippen LogP contribution < -0.4 is 4.72 Å². The molecule has 0 saturated carbocycles. The Morgan fingerprint density at radius 3 is 2.50 bits per heavy atom. The second kappa shape index (κ2) is 8.11. The molecular weight excluding hydrogens is 398 g/mol. The summed E-state index contributed by atoms with van der Waals surface area (Å²) < 4.78 is 26.5. The molecule has 0 saturated heterocycles. The molecule has 1 aromatic heterocycles. The number of rotatable bonds is 7. The third-order valence-corrected chi connectivity index (χ3v) is 5.39. The van der Waals surface area contributed by atoms with Crippen LogP contribution in [0.2, 0.25) is 0 Å². The van der Waals surface area contributed by atoms with Gasteiger partial charge in [0.1, 0.15) is 0 Å². The number of sulfonamides is 1. The van der Waals surface area contributed by atoms with Crippen molar-refractivity contribution in [3.8, 4) is 5.69 Å². The summed E-state index contributed by atoms with van der Waals surface area (Å²) in [4.78, 5) is 12.5. The van der Waals surface area contributed by atoms with Crippen LogP contribution in [0.25, 0.3) is 5.69 Å². The Balaban J connectivity index is 1.70. The summed E-state index contributed by atoms with van der Waals surface area (Å²) in [7, 11) is -3.35. The van der Waals surface area contributed by atoms with Crippen LogP contribution in [0.3, 0.4) is 0 Å². The van der Waals surface area contributed by atoms with Crippen LogP contribution in [0.5, 0.6) is 0 Å². The van der Waals surface area contributed by atoms with E-state index in [4.69, 9.17) is 0 Å². The average molecular weight is 418 g/mol. The summed E-state index contributed by atoms with van der Waals surface area (Å²) in [6.07, 6.45) is 1.07. The van der Waals surface area contributed by atoms with Gasteiger partial charge in [-0.2, -0.15) is 4.68 Å². The first kappa shape index (κ1) is 20.0. The zero-order valence-electron chi connectivity index (χ0n) is 15.6. The number of nitrogens with zero attached hydrogens (tertiary/aromatic N) is 4. The van der Waals surface area contributed by atoms with Crippen molar-refractivity contribution in [2.75, 3.05) is 16.7 Å². The average Bonchev–Trinajstić information content (AvgIpc) is 3.07. The van der Waals surface area contributed by atoms with Crippen LogP contribution >= 0.6 is 11.8 Å². The maximum absolute atomic E-state index is 12.5. The van der Waals surface area contributed by atoms with E-state index in [2.05, 4.69) is 20.2 Å². The molecule has 0 bridgehead atoms. The van der Waals surface area contributed by atoms with Gasteiger partial charge in [0.05, 0.1) is 17.7 Å². The van der Waals surface area contributed by atoms with Crippen molar-refractivity contribution in [3.05, 3.63) is 59.2 Å². The predicted octanol–water partition coefficient (Wildman–Crippen LogP) is 2.63. The largest absolute Gasteiger partial charge is 0.293 e. The molecule has 10 heteroatoms. The second-order valence-corrected chi connectivity index (χ2v) is 9.02. The van der Waals surface area contributed by atoms with Gasteiger partial charge in [0, 0.05) is 11.3 Å². The van der Waals surface area contributed by atoms with E-state index >= 15 is 0 Å². The molecule has 1 N–H and O–H groups in total. The molecule has 0 aliphatic carbocycles. The zero-order chi connectivity index (χ0) is 20.3. The third kappa shape index (κ3) is 4.96. The van der Waals surface area contributed by atoms with Crippen LogP contribution in [0.15, 0.2) is 47.6 Å². The van der Waals surface area contributed by atoms with Gasteiger partial charge in [0.25, 0.3) is 0 Å². The topological polar surface area (TPSA) is 107 Å². The summed E-state index contributed by atoms with van der Waals surface area (Å²) in [6.45, 7) is 4.00. The number of aromatic nitrogens is 4. The van der Waals surface area contributed by atoms with Gasteiger partial charge in [-0.25, -0.2) is 8.42 Å². The molecule has 3 aromatic rings. The number of benzene rings is 2. The first-order chi connectivity index (χ1) is 13.2. The highest BCUT2D eigenvalue weighted by Gasteiger charge is 2.14. The number of Topliss-reactive ketones (excluding diaryl/α,β-unsaturated/α-hetero) is 1. The summed E-state index contributed by atoms with van der Waals surface area (Å²) >= 11 is 1.24. The number of aryl methyl sites for hydroxylation is 2. The van der Waals surface area contributed by atoms with Gasteiger partial charge < -0.3 is 0 Å². The molecular formula is C18H19N5O3S2. The molecule has 1 heterocycles. The number of carbonyl (C=O) groups is 1. The Kier molecular flexibility index (Phi) is 5.80. The minimum absolute atomic E-state index is 0.105. The molecule has 3 rings (SSSR count). The lowest BCUT2D eigenvalue weighted by Gasteiger charge is -2.08. The Morgan fingerprint density at radius 2 is 1.86 bits per heavy atom. The summed E-state index contributed by atoms with van der Waals surface area (Å²) in [6, 6.07) is 12.3. The SMILES string of the molecule is Cc1ccc(-n2nnnc2SCC(=O)c2ccc(NS(C)(=O)=O)cc2)c(C)c1. The molecule has 0 fully saturated rings. The Labute approximate surface area is 167 Å². The lowest BCUT2D eigenvalue weighted by molar-refractivity contribution is 0.102. The lowest BCUT2D eigenvalue weighted by atomic mass is 10.1. The molecule has 146 valence electrons. The van der Waals surface area contributed by atoms with Crippen LogP contribution in [0, 0.1) is 13.8 Å². The van der Waals surface area contributed by atoms with E-state index in [1.54, 1.807) is 28.9 Å². The monoisotopic (exact) mass is 417 g/mol. The van der Waals surface area contributed by atoms with E-state index in [0.29, 0.717) is 16.4 Å². The molecule has 8 nitrogen and oxygen atoms in total. The van der Waals surface area contributed by atoms with Gasteiger partial charge in [-0.1, -0.05) is 29.5 Å². The molecule has 0 radical (unpaired) electrons. The van der Waals surface area contributed by atoms with Crippen LogP contribution in [0.1, 0.15) is 21.5 Å². The van der Waals surface area contributed by atoms with Crippen LogP contribution in [0.4, 0.5) is 5.69 Å². The highest BCUT2D eigenvalue weighted by molar-refractivity contribution is 7.99. The zero-order valence-corrected chi connectivity index (χ0v) is 17.2. The lowest BCUT2D eigenvalue weighted by Crippen LogP contribution is -2.10. The third-order valence-electron chi connectivity index (χ3n) is 3.86. The van der Waals surface area contributed by atoms with E-state index in [0.717, 1.165) is 23.1 Å². The van der Waals surface area contributed by atoms with E-state index in [9.17, 15) is 13.2 Å². The van der Waals surface area contributed by atoms with E-state index in [1.807, 2.05) is 32.0 Å². The van der Waals surface area contributed by atoms with Gasteiger partial charge in [-0.3, -0.25) is 9.52 Å². The first-order valence-electron chi connectivity index (χ1n) is 8.33. The minimum atomic E-state index is -3.35. The molecule has 0 spiro atoms. The minimum Gasteiger partial charge on any atom is -0.293 e. The normalized spacial score (nSPS) is 11.4. The van der Waals surface area contributed by atoms with Crippen molar-refractivity contribution in [2.24, 2.45) is 0 Å². The Morgan fingerprint density at radius 1 is 1.14 bits per heavy atom. The van der Waals surface area contributed by atoms with Gasteiger partial charge in [0.15, 0.2) is 5.78 Å². The second-order valence-electron chi connectivity index (χ2n) is 6.33. The number of tetrazole rings is 1. The number of anilines is 1. The van der Waals surface area contributed by atoms with Gasteiger partial charge in [-0.15, -0.1) is 5.10 Å². The fourth-order valence-electron chi connectivity index (χ4n) is 2.61. The number of ketones is 1. The summed E-state index contributed by atoms with van der Waals surface area (Å²) in [5.41, 5.74) is 3.94. The van der Waals surface area contributed by atoms with Gasteiger partial charge in [-0.05, 0) is 60.2 Å². The molecule has 2 aromatic carbocycles. The predicted molar refractivity (Wildman–Crippen MR) is 109 cm³/mol. The van der Waals surface area contributed by atoms with Gasteiger partial charge >= 0.3 is 0 Å². The highest BCUT2D eigenvalue weighted by Crippen LogP contribution is 2.22. The number of hydrogen-bond acceptors (Lipinski definition) is 7. The number of thioether (sulfide) groups is 1. The molecule has 0 aliphatic rings. The van der Waals surface area contributed by atoms with Crippen molar-refractivity contribution in [1.82, 2.24) is 20.2 Å². The van der Waals surface area contributed by atoms with E-state index in [1.165, 1.54) is 11.8 Å². The smallest absolute Gasteiger partial charge is 0.229 e. The maximum atomic E-state index is 12.5. The van der Waals surface area contributed by atoms with Crippen LogP contribution in [-0.4, -0.2) is 46.4 Å². The fourth-order valence-corrected chi connectivity index (χ4v) is 3.96. The molecule has 0 unspecified atom stereocenters.